The van der Waals surface area contributed by atoms with Crippen LogP contribution >= 0.6 is 0 Å². The third-order valence-electron chi connectivity index (χ3n) is 2.43. The molecule has 1 aromatic rings. The van der Waals surface area contributed by atoms with Crippen molar-refractivity contribution in [3.63, 3.8) is 0 Å². The summed E-state index contributed by atoms with van der Waals surface area (Å²) in [5.74, 6) is 1.73. The predicted octanol–water partition coefficient (Wildman–Crippen LogP) is 2.16. The molecular formula is C14H15N3. The van der Waals surface area contributed by atoms with E-state index in [2.05, 4.69) is 28.5 Å². The number of hydrogen-bond donors (Lipinski definition) is 1. The van der Waals surface area contributed by atoms with Crippen LogP contribution in [-0.2, 0) is 0 Å². The maximum Gasteiger partial charge on any atom is 0.134 e. The van der Waals surface area contributed by atoms with Crippen LogP contribution in [0.15, 0.2) is 59.6 Å². The van der Waals surface area contributed by atoms with Gasteiger partial charge in [-0.1, -0.05) is 36.4 Å². The molecule has 3 nitrogen and oxygen atoms in total. The molecule has 3 heteroatoms. The number of aliphatic imine (C=N–C) groups is 2. The average Bonchev–Trinajstić information content (AvgIpc) is 2.72. The molecule has 0 unspecified atom stereocenters. The van der Waals surface area contributed by atoms with E-state index in [9.17, 15) is 0 Å². The van der Waals surface area contributed by atoms with Crippen molar-refractivity contribution in [1.29, 1.82) is 0 Å². The number of amidine groups is 2. The molecule has 0 saturated carbocycles. The minimum absolute atomic E-state index is 0.603. The highest BCUT2D eigenvalue weighted by atomic mass is 15.1. The van der Waals surface area contributed by atoms with Crippen molar-refractivity contribution >= 4 is 11.7 Å². The molecular weight excluding hydrogens is 210 g/mol. The van der Waals surface area contributed by atoms with Crippen LogP contribution in [0.1, 0.15) is 11.1 Å². The van der Waals surface area contributed by atoms with E-state index >= 15 is 0 Å². The van der Waals surface area contributed by atoms with Crippen LogP contribution in [0.4, 0.5) is 0 Å². The Kier molecular flexibility index (Phi) is 3.50. The highest BCUT2D eigenvalue weighted by Gasteiger charge is 2.21. The lowest BCUT2D eigenvalue weighted by molar-refractivity contribution is 1.18. The molecule has 0 bridgehead atoms. The van der Waals surface area contributed by atoms with Crippen LogP contribution < -0.4 is 5.32 Å². The molecule has 17 heavy (non-hydrogen) atoms. The van der Waals surface area contributed by atoms with E-state index in [1.165, 1.54) is 0 Å². The summed E-state index contributed by atoms with van der Waals surface area (Å²) in [6.45, 7) is 8.54. The number of benzene rings is 1. The standard InChI is InChI=1S/C14H15N3/c1-3-9-15-13-11-7-5-6-8-12(11)14(17-13)16-10-4-2/h3-8H,1-2,9-10H2,(H,15,16,17). The van der Waals surface area contributed by atoms with Crippen molar-refractivity contribution in [2.24, 2.45) is 9.98 Å². The van der Waals surface area contributed by atoms with Gasteiger partial charge in [-0.3, -0.25) is 9.98 Å². The first-order chi connectivity index (χ1) is 8.36. The van der Waals surface area contributed by atoms with E-state index in [-0.39, 0.29) is 0 Å². The van der Waals surface area contributed by atoms with Crippen LogP contribution in [0, 0.1) is 0 Å². The van der Waals surface area contributed by atoms with E-state index in [0.717, 1.165) is 22.8 Å². The third kappa shape index (κ3) is 2.33. The molecule has 1 N–H and O–H groups in total. The number of fused-ring (bicyclic) bond motifs is 1. The first-order valence-corrected chi connectivity index (χ1v) is 5.54. The molecule has 2 rings (SSSR count). The maximum atomic E-state index is 4.42. The Bertz CT molecular complexity index is 453. The third-order valence-corrected chi connectivity index (χ3v) is 2.43. The fraction of sp³-hybridized carbons (Fsp3) is 0.143. The fourth-order valence-electron chi connectivity index (χ4n) is 1.70. The Hall–Kier alpha value is -2.16. The van der Waals surface area contributed by atoms with Crippen LogP contribution in [0.5, 0.6) is 0 Å². The van der Waals surface area contributed by atoms with Gasteiger partial charge in [0, 0.05) is 11.1 Å². The van der Waals surface area contributed by atoms with E-state index in [1.807, 2.05) is 24.3 Å². The minimum atomic E-state index is 0.603. The van der Waals surface area contributed by atoms with Crippen molar-refractivity contribution in [1.82, 2.24) is 5.32 Å². The van der Waals surface area contributed by atoms with Gasteiger partial charge in [-0.15, -0.1) is 13.2 Å². The zero-order valence-corrected chi connectivity index (χ0v) is 9.69. The van der Waals surface area contributed by atoms with Crippen molar-refractivity contribution in [2.45, 2.75) is 0 Å². The van der Waals surface area contributed by atoms with Gasteiger partial charge in [-0.2, -0.15) is 0 Å². The molecule has 0 radical (unpaired) electrons. The summed E-state index contributed by atoms with van der Waals surface area (Å²) in [6.07, 6.45) is 3.55. The predicted molar refractivity (Wildman–Crippen MR) is 72.8 cm³/mol. The van der Waals surface area contributed by atoms with Crippen LogP contribution in [0.25, 0.3) is 0 Å². The van der Waals surface area contributed by atoms with Gasteiger partial charge in [0.2, 0.25) is 0 Å². The van der Waals surface area contributed by atoms with Gasteiger partial charge in [0.1, 0.15) is 11.7 Å². The molecule has 1 aliphatic heterocycles. The number of nitrogens with one attached hydrogen (secondary N) is 1. The second-order valence-corrected chi connectivity index (χ2v) is 3.63. The summed E-state index contributed by atoms with van der Waals surface area (Å²) in [7, 11) is 0. The van der Waals surface area contributed by atoms with Crippen LogP contribution in [0.3, 0.4) is 0 Å². The van der Waals surface area contributed by atoms with E-state index < -0.39 is 0 Å². The molecule has 0 atom stereocenters. The lowest BCUT2D eigenvalue weighted by Gasteiger charge is -1.98. The highest BCUT2D eigenvalue weighted by molar-refractivity contribution is 6.25. The zero-order valence-electron chi connectivity index (χ0n) is 9.69. The lowest BCUT2D eigenvalue weighted by Crippen LogP contribution is -2.23. The first-order valence-electron chi connectivity index (χ1n) is 5.54. The normalized spacial score (nSPS) is 17.9. The summed E-state index contributed by atoms with van der Waals surface area (Å²) in [5.41, 5.74) is 2.19. The quantitative estimate of drug-likeness (QED) is 0.783. The number of nitrogens with zero attached hydrogens (tertiary/aromatic N) is 2. The summed E-state index contributed by atoms with van der Waals surface area (Å²) < 4.78 is 0. The smallest absolute Gasteiger partial charge is 0.134 e. The Balaban J connectivity index is 2.39. The number of rotatable bonds is 4. The molecule has 0 fully saturated rings. The maximum absolute atomic E-state index is 4.42. The largest absolute Gasteiger partial charge is 0.324 e. The zero-order chi connectivity index (χ0) is 12.1. The van der Waals surface area contributed by atoms with Gasteiger partial charge < -0.3 is 5.32 Å². The molecule has 1 heterocycles. The SMILES string of the molecule is C=CCN=C1NC(=NCC=C)c2ccccc21. The van der Waals surface area contributed by atoms with E-state index in [4.69, 9.17) is 0 Å². The molecule has 0 saturated heterocycles. The topological polar surface area (TPSA) is 36.8 Å². The minimum Gasteiger partial charge on any atom is -0.324 e. The van der Waals surface area contributed by atoms with Crippen molar-refractivity contribution in [3.8, 4) is 0 Å². The Labute approximate surface area is 101 Å². The monoisotopic (exact) mass is 225 g/mol. The first kappa shape index (κ1) is 11.3. The average molecular weight is 225 g/mol. The second kappa shape index (κ2) is 5.25. The van der Waals surface area contributed by atoms with Crippen molar-refractivity contribution < 1.29 is 0 Å². The lowest BCUT2D eigenvalue weighted by atomic mass is 10.1. The van der Waals surface area contributed by atoms with Gasteiger partial charge in [0.15, 0.2) is 0 Å². The van der Waals surface area contributed by atoms with E-state index in [1.54, 1.807) is 12.2 Å². The van der Waals surface area contributed by atoms with Crippen molar-refractivity contribution in [3.05, 3.63) is 60.7 Å². The fourth-order valence-corrected chi connectivity index (χ4v) is 1.70. The Morgan fingerprint density at radius 2 is 1.41 bits per heavy atom. The van der Waals surface area contributed by atoms with Gasteiger partial charge in [0.25, 0.3) is 0 Å². The highest BCUT2D eigenvalue weighted by Crippen LogP contribution is 2.16. The number of hydrogen-bond acceptors (Lipinski definition) is 2. The molecule has 1 aromatic carbocycles. The molecule has 0 aliphatic carbocycles. The summed E-state index contributed by atoms with van der Waals surface area (Å²) in [5, 5.41) is 3.23. The van der Waals surface area contributed by atoms with Gasteiger partial charge in [-0.25, -0.2) is 0 Å². The summed E-state index contributed by atoms with van der Waals surface area (Å²) in [6, 6.07) is 8.09. The molecule has 0 spiro atoms. The molecule has 0 amide bonds. The van der Waals surface area contributed by atoms with Crippen LogP contribution in [-0.4, -0.2) is 24.8 Å². The van der Waals surface area contributed by atoms with Gasteiger partial charge in [-0.05, 0) is 0 Å². The van der Waals surface area contributed by atoms with Gasteiger partial charge >= 0.3 is 0 Å². The molecule has 86 valence electrons. The molecule has 0 aromatic heterocycles. The van der Waals surface area contributed by atoms with E-state index in [0.29, 0.717) is 13.1 Å². The van der Waals surface area contributed by atoms with Crippen molar-refractivity contribution in [2.75, 3.05) is 13.1 Å². The second-order valence-electron chi connectivity index (χ2n) is 3.63. The van der Waals surface area contributed by atoms with Crippen LogP contribution in [0.2, 0.25) is 0 Å². The van der Waals surface area contributed by atoms with Gasteiger partial charge in [0.05, 0.1) is 13.1 Å². The molecule has 1 aliphatic rings. The summed E-state index contributed by atoms with van der Waals surface area (Å²) >= 11 is 0. The summed E-state index contributed by atoms with van der Waals surface area (Å²) in [4.78, 5) is 8.84. The Morgan fingerprint density at radius 1 is 0.941 bits per heavy atom. The Morgan fingerprint density at radius 3 is 1.82 bits per heavy atom.